The van der Waals surface area contributed by atoms with E-state index in [1.807, 2.05) is 12.1 Å². The number of fused-ring (bicyclic) bond motifs is 1. The van der Waals surface area contributed by atoms with Gasteiger partial charge in [0.15, 0.2) is 0 Å². The van der Waals surface area contributed by atoms with Gasteiger partial charge >= 0.3 is 5.97 Å². The summed E-state index contributed by atoms with van der Waals surface area (Å²) in [5.41, 5.74) is 1.25. The van der Waals surface area contributed by atoms with E-state index >= 15 is 0 Å². The third-order valence-corrected chi connectivity index (χ3v) is 4.49. The summed E-state index contributed by atoms with van der Waals surface area (Å²) in [5.74, 6) is 0.0586. The topological polar surface area (TPSA) is 37.3 Å². The maximum atomic E-state index is 10.5. The van der Waals surface area contributed by atoms with Gasteiger partial charge in [0.2, 0.25) is 0 Å². The predicted octanol–water partition coefficient (Wildman–Crippen LogP) is 2.51. The predicted molar refractivity (Wildman–Crippen MR) is 59.8 cm³/mol. The van der Waals surface area contributed by atoms with Gasteiger partial charge in [-0.3, -0.25) is 4.79 Å². The van der Waals surface area contributed by atoms with E-state index in [4.69, 9.17) is 5.11 Å². The minimum Gasteiger partial charge on any atom is -0.481 e. The van der Waals surface area contributed by atoms with Crippen LogP contribution in [0.4, 0.5) is 0 Å². The van der Waals surface area contributed by atoms with Crippen molar-refractivity contribution in [2.75, 3.05) is 5.75 Å². The Morgan fingerprint density at radius 1 is 1.36 bits per heavy atom. The maximum Gasteiger partial charge on any atom is 0.304 e. The second-order valence-corrected chi connectivity index (χ2v) is 5.38. The molecule has 74 valence electrons. The monoisotopic (exact) mass is 208 g/mol. The normalized spacial score (nSPS) is 20.7. The second kappa shape index (κ2) is 3.88. The molecular weight excluding hydrogens is 196 g/mol. The lowest BCUT2D eigenvalue weighted by Gasteiger charge is -2.13. The fraction of sp³-hybridized carbons (Fsp3) is 0.182. The van der Waals surface area contributed by atoms with Crippen molar-refractivity contribution in [2.24, 2.45) is 0 Å². The number of hydrogen-bond donors (Lipinski definition) is 2. The number of carboxylic acid groups (broad SMARTS) is 1. The molecule has 1 aliphatic rings. The van der Waals surface area contributed by atoms with Crippen LogP contribution in [0, 0.1) is 0 Å². The zero-order valence-corrected chi connectivity index (χ0v) is 8.58. The Balaban J connectivity index is 2.11. The van der Waals surface area contributed by atoms with Crippen LogP contribution in [0.25, 0.3) is 6.08 Å². The summed E-state index contributed by atoms with van der Waals surface area (Å²) in [6, 6.07) is 8.21. The Morgan fingerprint density at radius 2 is 2.14 bits per heavy atom. The van der Waals surface area contributed by atoms with Crippen molar-refractivity contribution in [3.63, 3.8) is 0 Å². The van der Waals surface area contributed by atoms with Crippen LogP contribution in [0.1, 0.15) is 12.0 Å². The zero-order valence-electron chi connectivity index (χ0n) is 7.68. The Kier molecular flexibility index (Phi) is 2.59. The first-order valence-electron chi connectivity index (χ1n) is 4.53. The molecule has 1 unspecified atom stereocenters. The summed E-state index contributed by atoms with van der Waals surface area (Å²) in [7, 11) is -0.355. The summed E-state index contributed by atoms with van der Waals surface area (Å²) in [5, 5.41) is 10.8. The van der Waals surface area contributed by atoms with E-state index in [1.165, 1.54) is 10.5 Å². The number of rotatable bonds is 3. The van der Waals surface area contributed by atoms with Crippen LogP contribution in [-0.4, -0.2) is 16.8 Å². The van der Waals surface area contributed by atoms with Crippen LogP contribution in [-0.2, 0) is 4.79 Å². The average molecular weight is 208 g/mol. The molecule has 0 aromatic heterocycles. The van der Waals surface area contributed by atoms with Crippen LogP contribution in [0.5, 0.6) is 0 Å². The summed E-state index contributed by atoms with van der Waals surface area (Å²) in [4.78, 5) is 11.8. The fourth-order valence-electron chi connectivity index (χ4n) is 1.55. The maximum absolute atomic E-state index is 10.5. The van der Waals surface area contributed by atoms with E-state index in [9.17, 15) is 4.79 Å². The van der Waals surface area contributed by atoms with Gasteiger partial charge in [-0.1, -0.05) is 18.2 Å². The van der Waals surface area contributed by atoms with Crippen LogP contribution in [0.3, 0.4) is 0 Å². The molecule has 0 saturated carbocycles. The molecule has 0 aliphatic carbocycles. The van der Waals surface area contributed by atoms with E-state index in [1.54, 1.807) is 0 Å². The molecule has 2 rings (SSSR count). The van der Waals surface area contributed by atoms with Crippen LogP contribution in [0.2, 0.25) is 0 Å². The number of thiol groups is 1. The molecule has 1 aliphatic heterocycles. The minimum absolute atomic E-state index is 0.268. The molecule has 0 saturated heterocycles. The molecule has 0 radical (unpaired) electrons. The van der Waals surface area contributed by atoms with E-state index in [-0.39, 0.29) is 17.3 Å². The highest BCUT2D eigenvalue weighted by molar-refractivity contribution is 8.20. The lowest BCUT2D eigenvalue weighted by molar-refractivity contribution is -0.136. The molecular formula is C11H12O2S. The fourth-order valence-corrected chi connectivity index (χ4v) is 3.63. The van der Waals surface area contributed by atoms with Gasteiger partial charge in [0.1, 0.15) is 0 Å². The van der Waals surface area contributed by atoms with Crippen molar-refractivity contribution in [2.45, 2.75) is 11.3 Å². The van der Waals surface area contributed by atoms with Gasteiger partial charge in [0.25, 0.3) is 0 Å². The third-order valence-electron chi connectivity index (χ3n) is 2.25. The first kappa shape index (κ1) is 9.34. The number of hydrogen-bond acceptors (Lipinski definition) is 1. The molecule has 14 heavy (non-hydrogen) atoms. The SMILES string of the molecule is O=C(O)CC[SH]1C=Cc2ccccc21. The summed E-state index contributed by atoms with van der Waals surface area (Å²) in [6.07, 6.45) is 2.37. The average Bonchev–Trinajstić information content (AvgIpc) is 2.58. The highest BCUT2D eigenvalue weighted by Crippen LogP contribution is 2.45. The lowest BCUT2D eigenvalue weighted by atomic mass is 10.2. The summed E-state index contributed by atoms with van der Waals surface area (Å²) in [6.45, 7) is 0. The molecule has 1 aromatic rings. The van der Waals surface area contributed by atoms with Crippen LogP contribution < -0.4 is 0 Å². The molecule has 1 N–H and O–H groups in total. The Bertz CT molecular complexity index is 385. The van der Waals surface area contributed by atoms with Gasteiger partial charge in [0.05, 0.1) is 6.42 Å². The highest BCUT2D eigenvalue weighted by atomic mass is 32.2. The highest BCUT2D eigenvalue weighted by Gasteiger charge is 2.13. The Hall–Kier alpha value is -1.22. The molecule has 1 heterocycles. The van der Waals surface area contributed by atoms with Crippen molar-refractivity contribution >= 4 is 22.9 Å². The smallest absolute Gasteiger partial charge is 0.304 e. The quantitative estimate of drug-likeness (QED) is 0.749. The van der Waals surface area contributed by atoms with Gasteiger partial charge in [-0.2, -0.15) is 0 Å². The van der Waals surface area contributed by atoms with E-state index in [0.717, 1.165) is 5.75 Å². The number of aliphatic carboxylic acids is 1. The van der Waals surface area contributed by atoms with Gasteiger partial charge in [0, 0.05) is 0 Å². The Labute approximate surface area is 85.6 Å². The van der Waals surface area contributed by atoms with Crippen molar-refractivity contribution < 1.29 is 9.90 Å². The van der Waals surface area contributed by atoms with Gasteiger partial charge in [-0.15, -0.1) is 0 Å². The van der Waals surface area contributed by atoms with Crippen LogP contribution in [0.15, 0.2) is 34.6 Å². The molecule has 0 spiro atoms. The molecule has 0 fully saturated rings. The Morgan fingerprint density at radius 3 is 2.93 bits per heavy atom. The summed E-state index contributed by atoms with van der Waals surface area (Å²) < 4.78 is 0. The van der Waals surface area contributed by atoms with Crippen molar-refractivity contribution in [3.8, 4) is 0 Å². The molecule has 1 atom stereocenters. The van der Waals surface area contributed by atoms with Gasteiger partial charge in [-0.05, 0) is 33.8 Å². The third kappa shape index (κ3) is 1.82. The standard InChI is InChI=1S/C11H12O2S/c12-11(13)6-8-14-7-5-9-3-1-2-4-10(9)14/h1-5,7,14H,6,8H2,(H,12,13). The van der Waals surface area contributed by atoms with Crippen molar-refractivity contribution in [1.82, 2.24) is 0 Å². The van der Waals surface area contributed by atoms with E-state index in [2.05, 4.69) is 23.6 Å². The molecule has 0 bridgehead atoms. The van der Waals surface area contributed by atoms with Crippen molar-refractivity contribution in [1.29, 1.82) is 0 Å². The van der Waals surface area contributed by atoms with Crippen molar-refractivity contribution in [3.05, 3.63) is 35.2 Å². The first-order valence-corrected chi connectivity index (χ1v) is 6.12. The largest absolute Gasteiger partial charge is 0.481 e. The second-order valence-electron chi connectivity index (χ2n) is 3.21. The number of carbonyl (C=O) groups is 1. The van der Waals surface area contributed by atoms with E-state index in [0.29, 0.717) is 0 Å². The van der Waals surface area contributed by atoms with Gasteiger partial charge < -0.3 is 5.11 Å². The number of carboxylic acids is 1. The molecule has 1 aromatic carbocycles. The molecule has 2 nitrogen and oxygen atoms in total. The summed E-state index contributed by atoms with van der Waals surface area (Å²) >= 11 is 0. The molecule has 0 amide bonds. The lowest BCUT2D eigenvalue weighted by Crippen LogP contribution is -1.98. The van der Waals surface area contributed by atoms with Gasteiger partial charge in [-0.25, -0.2) is 10.9 Å². The minimum atomic E-state index is -0.703. The molecule has 3 heteroatoms. The number of benzene rings is 1. The first-order chi connectivity index (χ1) is 6.77. The van der Waals surface area contributed by atoms with E-state index < -0.39 is 5.97 Å². The van der Waals surface area contributed by atoms with Crippen LogP contribution >= 0.6 is 10.9 Å². The zero-order chi connectivity index (χ0) is 9.97.